The van der Waals surface area contributed by atoms with Crippen molar-refractivity contribution in [3.05, 3.63) is 47.4 Å². The van der Waals surface area contributed by atoms with E-state index < -0.39 is 6.09 Å². The van der Waals surface area contributed by atoms with Gasteiger partial charge in [0.2, 0.25) is 0 Å². The van der Waals surface area contributed by atoms with E-state index in [0.717, 1.165) is 16.6 Å². The highest BCUT2D eigenvalue weighted by molar-refractivity contribution is 6.29. The number of amides is 1. The van der Waals surface area contributed by atoms with Gasteiger partial charge < -0.3 is 14.2 Å². The minimum absolute atomic E-state index is 0.169. The van der Waals surface area contributed by atoms with Crippen LogP contribution in [0.3, 0.4) is 0 Å². The Morgan fingerprint density at radius 3 is 3.04 bits per heavy atom. The first-order chi connectivity index (χ1) is 12.1. The molecule has 7 nitrogen and oxygen atoms in total. The van der Waals surface area contributed by atoms with Gasteiger partial charge in [-0.3, -0.25) is 4.90 Å². The quantitative estimate of drug-likeness (QED) is 0.653. The van der Waals surface area contributed by atoms with Crippen LogP contribution in [0.25, 0.3) is 11.0 Å². The van der Waals surface area contributed by atoms with Crippen molar-refractivity contribution in [2.45, 2.75) is 6.61 Å². The lowest BCUT2D eigenvalue weighted by molar-refractivity contribution is 0.147. The number of hydrogen-bond acceptors (Lipinski definition) is 6. The van der Waals surface area contributed by atoms with Crippen molar-refractivity contribution >= 4 is 40.0 Å². The van der Waals surface area contributed by atoms with E-state index in [1.807, 2.05) is 30.1 Å². The monoisotopic (exact) mass is 358 g/mol. The fourth-order valence-corrected chi connectivity index (χ4v) is 2.99. The van der Waals surface area contributed by atoms with Crippen molar-refractivity contribution in [3.8, 4) is 0 Å². The molecule has 8 heteroatoms. The van der Waals surface area contributed by atoms with Gasteiger partial charge in [0.25, 0.3) is 0 Å². The highest BCUT2D eigenvalue weighted by Crippen LogP contribution is 2.33. The number of halogens is 1. The standard InChI is InChI=1S/C17H15ClN4O3/c1-21-4-5-22(14-9-19-16(18)7-13(14)21)17(23)24-10-11-2-3-15-12(6-11)8-20-25-15/h2-3,6-9H,4-5,10H2,1H3. The van der Waals surface area contributed by atoms with Crippen LogP contribution in [0.1, 0.15) is 5.56 Å². The van der Waals surface area contributed by atoms with Crippen LogP contribution in [0.5, 0.6) is 0 Å². The average molecular weight is 359 g/mol. The molecule has 1 aromatic carbocycles. The average Bonchev–Trinajstić information content (AvgIpc) is 3.08. The Labute approximate surface area is 148 Å². The highest BCUT2D eigenvalue weighted by Gasteiger charge is 2.27. The Kier molecular flexibility index (Phi) is 3.93. The van der Waals surface area contributed by atoms with Crippen LogP contribution in [-0.2, 0) is 11.3 Å². The van der Waals surface area contributed by atoms with Crippen molar-refractivity contribution < 1.29 is 14.1 Å². The summed E-state index contributed by atoms with van der Waals surface area (Å²) in [6.07, 6.45) is 2.81. The molecule has 0 saturated heterocycles. The smallest absolute Gasteiger partial charge is 0.414 e. The molecule has 0 atom stereocenters. The summed E-state index contributed by atoms with van der Waals surface area (Å²) < 4.78 is 10.5. The molecule has 3 aromatic rings. The molecule has 1 amide bonds. The van der Waals surface area contributed by atoms with Crippen molar-refractivity contribution in [1.82, 2.24) is 10.1 Å². The molecule has 0 fully saturated rings. The molecular formula is C17H15ClN4O3. The molecule has 2 aromatic heterocycles. The van der Waals surface area contributed by atoms with Gasteiger partial charge >= 0.3 is 6.09 Å². The van der Waals surface area contributed by atoms with Crippen molar-refractivity contribution in [3.63, 3.8) is 0 Å². The molecule has 0 bridgehead atoms. The number of pyridine rings is 1. The third-order valence-electron chi connectivity index (χ3n) is 4.19. The van der Waals surface area contributed by atoms with Gasteiger partial charge in [-0.15, -0.1) is 0 Å². The highest BCUT2D eigenvalue weighted by atomic mass is 35.5. The molecule has 0 unspecified atom stereocenters. The first kappa shape index (κ1) is 15.7. The van der Waals surface area contributed by atoms with E-state index >= 15 is 0 Å². The van der Waals surface area contributed by atoms with Gasteiger partial charge in [-0.1, -0.05) is 22.8 Å². The minimum atomic E-state index is -0.413. The number of likely N-dealkylation sites (N-methyl/N-ethyl adjacent to an activating group) is 1. The lowest BCUT2D eigenvalue weighted by atomic mass is 10.2. The summed E-state index contributed by atoms with van der Waals surface area (Å²) in [6.45, 7) is 1.38. The molecule has 3 heterocycles. The number of benzene rings is 1. The van der Waals surface area contributed by atoms with Crippen LogP contribution in [0, 0.1) is 0 Å². The van der Waals surface area contributed by atoms with Crippen LogP contribution in [0.2, 0.25) is 5.15 Å². The summed E-state index contributed by atoms with van der Waals surface area (Å²) in [5.41, 5.74) is 3.12. The maximum Gasteiger partial charge on any atom is 0.414 e. The minimum Gasteiger partial charge on any atom is -0.444 e. The van der Waals surface area contributed by atoms with Gasteiger partial charge in [-0.25, -0.2) is 9.78 Å². The second-order valence-corrected chi connectivity index (χ2v) is 6.21. The Hall–Kier alpha value is -2.80. The molecule has 1 aliphatic heterocycles. The molecule has 0 spiro atoms. The molecule has 0 saturated carbocycles. The van der Waals surface area contributed by atoms with Gasteiger partial charge in [-0.2, -0.15) is 0 Å². The Balaban J connectivity index is 1.50. The number of ether oxygens (including phenoxy) is 1. The van der Waals surface area contributed by atoms with E-state index in [1.54, 1.807) is 23.4 Å². The normalized spacial score (nSPS) is 13.8. The van der Waals surface area contributed by atoms with Crippen molar-refractivity contribution in [2.75, 3.05) is 29.9 Å². The van der Waals surface area contributed by atoms with E-state index in [1.165, 1.54) is 0 Å². The molecule has 1 aliphatic rings. The van der Waals surface area contributed by atoms with Gasteiger partial charge in [0.15, 0.2) is 5.58 Å². The van der Waals surface area contributed by atoms with Gasteiger partial charge in [0, 0.05) is 31.6 Å². The largest absolute Gasteiger partial charge is 0.444 e. The second-order valence-electron chi connectivity index (χ2n) is 5.82. The van der Waals surface area contributed by atoms with Crippen LogP contribution in [0.15, 0.2) is 41.2 Å². The number of fused-ring (bicyclic) bond motifs is 2. The lowest BCUT2D eigenvalue weighted by Gasteiger charge is -2.34. The van der Waals surface area contributed by atoms with Crippen LogP contribution < -0.4 is 9.80 Å². The summed E-state index contributed by atoms with van der Waals surface area (Å²) >= 11 is 5.96. The van der Waals surface area contributed by atoms with E-state index in [-0.39, 0.29) is 6.61 Å². The second kappa shape index (κ2) is 6.25. The lowest BCUT2D eigenvalue weighted by Crippen LogP contribution is -2.43. The van der Waals surface area contributed by atoms with Crippen molar-refractivity contribution in [2.24, 2.45) is 0 Å². The number of nitrogens with zero attached hydrogens (tertiary/aromatic N) is 4. The molecule has 128 valence electrons. The van der Waals surface area contributed by atoms with Crippen LogP contribution in [0.4, 0.5) is 16.2 Å². The Morgan fingerprint density at radius 2 is 2.16 bits per heavy atom. The predicted molar refractivity (Wildman–Crippen MR) is 94.1 cm³/mol. The fraction of sp³-hybridized carbons (Fsp3) is 0.235. The molecule has 4 rings (SSSR count). The predicted octanol–water partition coefficient (Wildman–Crippen LogP) is 3.47. The first-order valence-corrected chi connectivity index (χ1v) is 8.14. The summed E-state index contributed by atoms with van der Waals surface area (Å²) in [6, 6.07) is 7.29. The molecular weight excluding hydrogens is 344 g/mol. The number of anilines is 2. The molecule has 0 radical (unpaired) electrons. The SMILES string of the molecule is CN1CCN(C(=O)OCc2ccc3oncc3c2)c2cnc(Cl)cc21. The third-order valence-corrected chi connectivity index (χ3v) is 4.40. The van der Waals surface area contributed by atoms with E-state index in [9.17, 15) is 4.79 Å². The number of carbonyl (C=O) groups excluding carboxylic acids is 1. The van der Waals surface area contributed by atoms with Crippen LogP contribution >= 0.6 is 11.6 Å². The molecule has 25 heavy (non-hydrogen) atoms. The van der Waals surface area contributed by atoms with Gasteiger partial charge in [0.05, 0.1) is 23.8 Å². The van der Waals surface area contributed by atoms with Gasteiger partial charge in [-0.05, 0) is 17.7 Å². The topological polar surface area (TPSA) is 71.7 Å². The first-order valence-electron chi connectivity index (χ1n) is 7.76. The Morgan fingerprint density at radius 1 is 1.28 bits per heavy atom. The maximum absolute atomic E-state index is 12.5. The fourth-order valence-electron chi connectivity index (χ4n) is 2.84. The number of hydrogen-bond donors (Lipinski definition) is 0. The zero-order valence-corrected chi connectivity index (χ0v) is 14.2. The van der Waals surface area contributed by atoms with E-state index in [4.69, 9.17) is 20.9 Å². The summed E-state index contributed by atoms with van der Waals surface area (Å²) in [5.74, 6) is 0. The zero-order chi connectivity index (χ0) is 17.4. The number of rotatable bonds is 2. The van der Waals surface area contributed by atoms with Crippen molar-refractivity contribution in [1.29, 1.82) is 0 Å². The molecule has 0 aliphatic carbocycles. The Bertz CT molecular complexity index is 943. The summed E-state index contributed by atoms with van der Waals surface area (Å²) in [4.78, 5) is 20.2. The number of carbonyl (C=O) groups is 1. The van der Waals surface area contributed by atoms with Gasteiger partial charge in [0.1, 0.15) is 11.8 Å². The molecule has 0 N–H and O–H groups in total. The van der Waals surface area contributed by atoms with E-state index in [2.05, 4.69) is 10.1 Å². The third kappa shape index (κ3) is 2.98. The zero-order valence-electron chi connectivity index (χ0n) is 13.5. The number of aromatic nitrogens is 2. The maximum atomic E-state index is 12.5. The summed E-state index contributed by atoms with van der Waals surface area (Å²) in [7, 11) is 1.95. The van der Waals surface area contributed by atoms with Crippen LogP contribution in [-0.4, -0.2) is 36.4 Å². The van der Waals surface area contributed by atoms with E-state index in [0.29, 0.717) is 29.5 Å². The summed E-state index contributed by atoms with van der Waals surface area (Å²) in [5, 5.41) is 5.00.